The summed E-state index contributed by atoms with van der Waals surface area (Å²) in [4.78, 5) is 34.5. The SMILES string of the molecule is CCCCn1nc(C(=O)Nc2cccc([N+](=O)[O-])c2C)ccc1=O. The number of benzene rings is 1. The minimum absolute atomic E-state index is 0.0753. The minimum Gasteiger partial charge on any atom is -0.320 e. The summed E-state index contributed by atoms with van der Waals surface area (Å²) in [6.45, 7) is 3.99. The number of hydrogen-bond donors (Lipinski definition) is 1. The van der Waals surface area contributed by atoms with E-state index in [1.54, 1.807) is 13.0 Å². The Morgan fingerprint density at radius 1 is 1.33 bits per heavy atom. The second-order valence-electron chi connectivity index (χ2n) is 5.29. The fourth-order valence-electron chi connectivity index (χ4n) is 2.18. The lowest BCUT2D eigenvalue weighted by Gasteiger charge is -2.09. The van der Waals surface area contributed by atoms with Gasteiger partial charge in [-0.05, 0) is 25.5 Å². The maximum absolute atomic E-state index is 12.3. The van der Waals surface area contributed by atoms with E-state index in [9.17, 15) is 19.7 Å². The van der Waals surface area contributed by atoms with Gasteiger partial charge < -0.3 is 5.32 Å². The summed E-state index contributed by atoms with van der Waals surface area (Å²) in [6.07, 6.45) is 1.68. The fraction of sp³-hybridized carbons (Fsp3) is 0.312. The van der Waals surface area contributed by atoms with Crippen LogP contribution in [0.5, 0.6) is 0 Å². The fourth-order valence-corrected chi connectivity index (χ4v) is 2.18. The van der Waals surface area contributed by atoms with Crippen LogP contribution in [0.25, 0.3) is 0 Å². The van der Waals surface area contributed by atoms with E-state index in [1.807, 2.05) is 6.92 Å². The second kappa shape index (κ2) is 7.49. The van der Waals surface area contributed by atoms with Crippen LogP contribution in [-0.4, -0.2) is 20.6 Å². The van der Waals surface area contributed by atoms with Gasteiger partial charge in [-0.2, -0.15) is 5.10 Å². The molecule has 1 heterocycles. The molecule has 1 aromatic heterocycles. The van der Waals surface area contributed by atoms with E-state index >= 15 is 0 Å². The van der Waals surface area contributed by atoms with Crippen molar-refractivity contribution in [3.63, 3.8) is 0 Å². The number of carbonyl (C=O) groups is 1. The molecule has 0 spiro atoms. The van der Waals surface area contributed by atoms with Crippen molar-refractivity contribution < 1.29 is 9.72 Å². The molecule has 1 aromatic carbocycles. The van der Waals surface area contributed by atoms with E-state index in [2.05, 4.69) is 10.4 Å². The summed E-state index contributed by atoms with van der Waals surface area (Å²) in [7, 11) is 0. The molecule has 0 fully saturated rings. The van der Waals surface area contributed by atoms with Crippen molar-refractivity contribution in [3.05, 3.63) is 62.1 Å². The Bertz CT molecular complexity index is 829. The zero-order chi connectivity index (χ0) is 17.7. The number of hydrogen-bond acceptors (Lipinski definition) is 5. The van der Waals surface area contributed by atoms with Gasteiger partial charge in [0.25, 0.3) is 17.2 Å². The van der Waals surface area contributed by atoms with E-state index in [0.717, 1.165) is 12.8 Å². The van der Waals surface area contributed by atoms with Crippen molar-refractivity contribution >= 4 is 17.3 Å². The molecule has 8 heteroatoms. The van der Waals surface area contributed by atoms with Crippen LogP contribution in [0.15, 0.2) is 35.1 Å². The smallest absolute Gasteiger partial charge is 0.276 e. The van der Waals surface area contributed by atoms with Crippen molar-refractivity contribution in [2.75, 3.05) is 5.32 Å². The first-order valence-corrected chi connectivity index (χ1v) is 7.57. The summed E-state index contributed by atoms with van der Waals surface area (Å²) < 4.78 is 1.25. The third-order valence-electron chi connectivity index (χ3n) is 3.57. The van der Waals surface area contributed by atoms with Crippen molar-refractivity contribution in [2.24, 2.45) is 0 Å². The summed E-state index contributed by atoms with van der Waals surface area (Å²) in [5, 5.41) is 17.6. The Kier molecular flexibility index (Phi) is 5.41. The normalized spacial score (nSPS) is 10.4. The maximum atomic E-state index is 12.3. The molecule has 8 nitrogen and oxygen atoms in total. The summed E-state index contributed by atoms with van der Waals surface area (Å²) >= 11 is 0. The predicted molar refractivity (Wildman–Crippen MR) is 89.2 cm³/mol. The first-order valence-electron chi connectivity index (χ1n) is 7.57. The van der Waals surface area contributed by atoms with Gasteiger partial charge in [-0.1, -0.05) is 19.4 Å². The number of nitrogens with one attached hydrogen (secondary N) is 1. The molecule has 126 valence electrons. The number of aryl methyl sites for hydroxylation is 1. The molecule has 2 aromatic rings. The molecule has 1 amide bonds. The van der Waals surface area contributed by atoms with Crippen LogP contribution in [0.3, 0.4) is 0 Å². The Morgan fingerprint density at radius 3 is 2.75 bits per heavy atom. The molecule has 0 saturated heterocycles. The van der Waals surface area contributed by atoms with Gasteiger partial charge in [0.15, 0.2) is 0 Å². The van der Waals surface area contributed by atoms with Crippen LogP contribution in [0.2, 0.25) is 0 Å². The van der Waals surface area contributed by atoms with Gasteiger partial charge in [-0.25, -0.2) is 4.68 Å². The average molecular weight is 330 g/mol. The monoisotopic (exact) mass is 330 g/mol. The number of nitro benzene ring substituents is 1. The quantitative estimate of drug-likeness (QED) is 0.647. The van der Waals surface area contributed by atoms with Gasteiger partial charge >= 0.3 is 0 Å². The van der Waals surface area contributed by atoms with E-state index in [0.29, 0.717) is 17.8 Å². The van der Waals surface area contributed by atoms with Crippen molar-refractivity contribution in [3.8, 4) is 0 Å². The number of carbonyl (C=O) groups excluding carboxylic acids is 1. The lowest BCUT2D eigenvalue weighted by atomic mass is 10.1. The molecule has 1 N–H and O–H groups in total. The molecular weight excluding hydrogens is 312 g/mol. The predicted octanol–water partition coefficient (Wildman–Crippen LogP) is 2.51. The Labute approximate surface area is 138 Å². The van der Waals surface area contributed by atoms with E-state index in [4.69, 9.17) is 0 Å². The molecule has 24 heavy (non-hydrogen) atoms. The standard InChI is InChI=1S/C16H18N4O4/c1-3-4-10-19-15(21)9-8-13(18-19)16(22)17-12-6-5-7-14(11(12)2)20(23)24/h5-9H,3-4,10H2,1-2H3,(H,17,22). The molecular formula is C16H18N4O4. The molecule has 0 aliphatic heterocycles. The number of rotatable bonds is 6. The summed E-state index contributed by atoms with van der Waals surface area (Å²) in [5.41, 5.74) is 0.425. The molecule has 0 bridgehead atoms. The van der Waals surface area contributed by atoms with E-state index in [1.165, 1.54) is 28.9 Å². The van der Waals surface area contributed by atoms with Crippen molar-refractivity contribution in [1.82, 2.24) is 9.78 Å². The number of nitrogens with zero attached hydrogens (tertiary/aromatic N) is 3. The lowest BCUT2D eigenvalue weighted by molar-refractivity contribution is -0.385. The zero-order valence-electron chi connectivity index (χ0n) is 13.5. The Hall–Kier alpha value is -3.03. The molecule has 0 atom stereocenters. The lowest BCUT2D eigenvalue weighted by Crippen LogP contribution is -2.26. The third kappa shape index (κ3) is 3.83. The van der Waals surface area contributed by atoms with Gasteiger partial charge in [0.1, 0.15) is 5.69 Å². The number of aromatic nitrogens is 2. The molecule has 0 unspecified atom stereocenters. The van der Waals surface area contributed by atoms with Gasteiger partial charge in [-0.3, -0.25) is 19.7 Å². The van der Waals surface area contributed by atoms with Crippen LogP contribution < -0.4 is 10.9 Å². The average Bonchev–Trinajstić information content (AvgIpc) is 2.55. The highest BCUT2D eigenvalue weighted by Gasteiger charge is 2.16. The third-order valence-corrected chi connectivity index (χ3v) is 3.57. The van der Waals surface area contributed by atoms with Gasteiger partial charge in [0.05, 0.1) is 16.2 Å². The Balaban J connectivity index is 2.26. The first-order chi connectivity index (χ1) is 11.4. The highest BCUT2D eigenvalue weighted by Crippen LogP contribution is 2.25. The van der Waals surface area contributed by atoms with Gasteiger partial charge in [0.2, 0.25) is 0 Å². The van der Waals surface area contributed by atoms with E-state index in [-0.39, 0.29) is 16.9 Å². The molecule has 0 radical (unpaired) electrons. The van der Waals surface area contributed by atoms with Crippen LogP contribution in [0.4, 0.5) is 11.4 Å². The topological polar surface area (TPSA) is 107 Å². The molecule has 2 rings (SSSR count). The number of anilines is 1. The maximum Gasteiger partial charge on any atom is 0.276 e. The zero-order valence-corrected chi connectivity index (χ0v) is 13.5. The molecule has 0 aliphatic rings. The summed E-state index contributed by atoms with van der Waals surface area (Å²) in [6, 6.07) is 7.07. The van der Waals surface area contributed by atoms with Crippen LogP contribution in [0.1, 0.15) is 35.8 Å². The van der Waals surface area contributed by atoms with Gasteiger partial charge in [0, 0.05) is 18.7 Å². The van der Waals surface area contributed by atoms with Crippen molar-refractivity contribution in [2.45, 2.75) is 33.2 Å². The van der Waals surface area contributed by atoms with E-state index < -0.39 is 10.8 Å². The van der Waals surface area contributed by atoms with Crippen LogP contribution in [0, 0.1) is 17.0 Å². The van der Waals surface area contributed by atoms with Crippen LogP contribution in [-0.2, 0) is 6.54 Å². The first kappa shape index (κ1) is 17.3. The van der Waals surface area contributed by atoms with Crippen molar-refractivity contribution in [1.29, 1.82) is 0 Å². The minimum atomic E-state index is -0.524. The second-order valence-corrected chi connectivity index (χ2v) is 5.29. The molecule has 0 saturated carbocycles. The highest BCUT2D eigenvalue weighted by molar-refractivity contribution is 6.03. The number of amides is 1. The number of nitro groups is 1. The van der Waals surface area contributed by atoms with Crippen LogP contribution >= 0.6 is 0 Å². The molecule has 0 aliphatic carbocycles. The number of unbranched alkanes of at least 4 members (excludes halogenated alkanes) is 1. The highest BCUT2D eigenvalue weighted by atomic mass is 16.6. The Morgan fingerprint density at radius 2 is 2.08 bits per heavy atom. The largest absolute Gasteiger partial charge is 0.320 e. The van der Waals surface area contributed by atoms with Gasteiger partial charge in [-0.15, -0.1) is 0 Å². The summed E-state index contributed by atoms with van der Waals surface area (Å²) in [5.74, 6) is -0.524.